The zero-order valence-electron chi connectivity index (χ0n) is 11.1. The van der Waals surface area contributed by atoms with Crippen LogP contribution >= 0.6 is 11.6 Å². The molecule has 20 heavy (non-hydrogen) atoms. The van der Waals surface area contributed by atoms with Crippen molar-refractivity contribution in [3.05, 3.63) is 28.8 Å². The highest BCUT2D eigenvalue weighted by Gasteiger charge is 2.25. The summed E-state index contributed by atoms with van der Waals surface area (Å²) in [5.41, 5.74) is 1.55. The van der Waals surface area contributed by atoms with Crippen molar-refractivity contribution in [3.63, 3.8) is 0 Å². The third-order valence-corrected chi connectivity index (χ3v) is 5.33. The fourth-order valence-electron chi connectivity index (χ4n) is 2.10. The van der Waals surface area contributed by atoms with Crippen LogP contribution in [0, 0.1) is 6.92 Å². The molecular weight excluding hydrogens is 300 g/mol. The Labute approximate surface area is 123 Å². The van der Waals surface area contributed by atoms with Gasteiger partial charge in [0.05, 0.1) is 11.5 Å². The van der Waals surface area contributed by atoms with E-state index < -0.39 is 9.84 Å². The predicted octanol–water partition coefficient (Wildman–Crippen LogP) is 1.36. The number of anilines is 1. The van der Waals surface area contributed by atoms with Crippen molar-refractivity contribution in [3.8, 4) is 0 Å². The van der Waals surface area contributed by atoms with Gasteiger partial charge >= 0.3 is 0 Å². The lowest BCUT2D eigenvalue weighted by Gasteiger charge is -2.23. The van der Waals surface area contributed by atoms with Gasteiger partial charge in [-0.2, -0.15) is 0 Å². The van der Waals surface area contributed by atoms with E-state index >= 15 is 0 Å². The maximum Gasteiger partial charge on any atom is 0.225 e. The van der Waals surface area contributed by atoms with E-state index in [1.807, 2.05) is 13.0 Å². The van der Waals surface area contributed by atoms with Gasteiger partial charge in [0, 0.05) is 29.7 Å². The summed E-state index contributed by atoms with van der Waals surface area (Å²) in [5, 5.41) is 6.36. The van der Waals surface area contributed by atoms with Crippen LogP contribution in [0.4, 0.5) is 5.69 Å². The molecule has 0 radical (unpaired) electrons. The molecule has 1 aromatic carbocycles. The van der Waals surface area contributed by atoms with E-state index in [1.54, 1.807) is 12.1 Å². The van der Waals surface area contributed by atoms with Crippen molar-refractivity contribution < 1.29 is 13.2 Å². The lowest BCUT2D eigenvalue weighted by atomic mass is 10.2. The van der Waals surface area contributed by atoms with Crippen LogP contribution in [0.5, 0.6) is 0 Å². The Balaban J connectivity index is 1.93. The monoisotopic (exact) mass is 316 g/mol. The van der Waals surface area contributed by atoms with Gasteiger partial charge in [-0.05, 0) is 24.6 Å². The average molecular weight is 317 g/mol. The van der Waals surface area contributed by atoms with E-state index in [4.69, 9.17) is 11.6 Å². The SMILES string of the molecule is Cc1ccc(NC(=O)CC2CS(=O)(=O)CCN2)cc1Cl. The van der Waals surface area contributed by atoms with Crippen molar-refractivity contribution in [1.29, 1.82) is 0 Å². The maximum absolute atomic E-state index is 11.9. The molecule has 0 spiro atoms. The number of amides is 1. The Morgan fingerprint density at radius 3 is 2.90 bits per heavy atom. The summed E-state index contributed by atoms with van der Waals surface area (Å²) in [6.45, 7) is 2.28. The van der Waals surface area contributed by atoms with Crippen LogP contribution in [0.1, 0.15) is 12.0 Å². The number of halogens is 1. The third-order valence-electron chi connectivity index (χ3n) is 3.19. The number of hydrogen-bond donors (Lipinski definition) is 2. The largest absolute Gasteiger partial charge is 0.326 e. The summed E-state index contributed by atoms with van der Waals surface area (Å²) < 4.78 is 23.0. The van der Waals surface area contributed by atoms with Crippen LogP contribution < -0.4 is 10.6 Å². The van der Waals surface area contributed by atoms with Crippen molar-refractivity contribution in [2.24, 2.45) is 0 Å². The number of hydrogen-bond acceptors (Lipinski definition) is 4. The molecule has 0 aromatic heterocycles. The summed E-state index contributed by atoms with van der Waals surface area (Å²) in [5.74, 6) is -0.0761. The van der Waals surface area contributed by atoms with Gasteiger partial charge in [-0.3, -0.25) is 4.79 Å². The highest BCUT2D eigenvalue weighted by atomic mass is 35.5. The van der Waals surface area contributed by atoms with Gasteiger partial charge in [0.25, 0.3) is 0 Å². The summed E-state index contributed by atoms with van der Waals surface area (Å²) in [6.07, 6.45) is 0.130. The molecule has 5 nitrogen and oxygen atoms in total. The molecule has 1 fully saturated rings. The molecule has 1 saturated heterocycles. The van der Waals surface area contributed by atoms with Crippen LogP contribution in [-0.2, 0) is 14.6 Å². The molecule has 0 bridgehead atoms. The van der Waals surface area contributed by atoms with Gasteiger partial charge < -0.3 is 10.6 Å². The zero-order valence-corrected chi connectivity index (χ0v) is 12.7. The molecule has 7 heteroatoms. The Morgan fingerprint density at radius 1 is 1.50 bits per heavy atom. The van der Waals surface area contributed by atoms with Crippen LogP contribution in [0.3, 0.4) is 0 Å². The Hall–Kier alpha value is -1.11. The molecule has 110 valence electrons. The third kappa shape index (κ3) is 4.19. The minimum atomic E-state index is -3.03. The molecule has 1 amide bonds. The molecule has 1 aromatic rings. The van der Waals surface area contributed by atoms with Crippen LogP contribution in [0.25, 0.3) is 0 Å². The van der Waals surface area contributed by atoms with E-state index in [-0.39, 0.29) is 29.9 Å². The number of rotatable bonds is 3. The minimum absolute atomic E-state index is 0.00900. The molecule has 0 aliphatic carbocycles. The number of sulfone groups is 1. The summed E-state index contributed by atoms with van der Waals surface area (Å²) in [7, 11) is -3.03. The van der Waals surface area contributed by atoms with Crippen molar-refractivity contribution in [2.75, 3.05) is 23.4 Å². The lowest BCUT2D eigenvalue weighted by molar-refractivity contribution is -0.116. The number of nitrogens with one attached hydrogen (secondary N) is 2. The Bertz CT molecular complexity index is 616. The second-order valence-electron chi connectivity index (χ2n) is 4.98. The number of benzene rings is 1. The summed E-state index contributed by atoms with van der Waals surface area (Å²) >= 11 is 5.98. The van der Waals surface area contributed by atoms with Crippen LogP contribution in [-0.4, -0.2) is 38.4 Å². The maximum atomic E-state index is 11.9. The first-order chi connectivity index (χ1) is 9.35. The summed E-state index contributed by atoms with van der Waals surface area (Å²) in [4.78, 5) is 11.9. The predicted molar refractivity (Wildman–Crippen MR) is 79.9 cm³/mol. The first-order valence-electron chi connectivity index (χ1n) is 6.35. The first kappa shape index (κ1) is 15.3. The summed E-state index contributed by atoms with van der Waals surface area (Å²) in [6, 6.07) is 4.94. The molecule has 1 atom stereocenters. The smallest absolute Gasteiger partial charge is 0.225 e. The minimum Gasteiger partial charge on any atom is -0.326 e. The Kier molecular flexibility index (Phi) is 4.67. The first-order valence-corrected chi connectivity index (χ1v) is 8.55. The highest BCUT2D eigenvalue weighted by Crippen LogP contribution is 2.20. The van der Waals surface area contributed by atoms with Crippen molar-refractivity contribution >= 4 is 33.0 Å². The van der Waals surface area contributed by atoms with Gasteiger partial charge in [0.1, 0.15) is 0 Å². The van der Waals surface area contributed by atoms with Gasteiger partial charge in [0.15, 0.2) is 9.84 Å². The highest BCUT2D eigenvalue weighted by molar-refractivity contribution is 7.91. The molecule has 1 heterocycles. The van der Waals surface area contributed by atoms with Gasteiger partial charge in [-0.15, -0.1) is 0 Å². The topological polar surface area (TPSA) is 75.3 Å². The molecule has 2 N–H and O–H groups in total. The molecule has 1 aliphatic heterocycles. The van der Waals surface area contributed by atoms with Crippen LogP contribution in [0.2, 0.25) is 5.02 Å². The average Bonchev–Trinajstić information content (AvgIpc) is 2.32. The zero-order chi connectivity index (χ0) is 14.8. The fourth-order valence-corrected chi connectivity index (χ4v) is 3.73. The van der Waals surface area contributed by atoms with E-state index in [0.717, 1.165) is 5.56 Å². The van der Waals surface area contributed by atoms with Crippen LogP contribution in [0.15, 0.2) is 18.2 Å². The molecule has 0 saturated carbocycles. The lowest BCUT2D eigenvalue weighted by Crippen LogP contribution is -2.46. The fraction of sp³-hybridized carbons (Fsp3) is 0.462. The van der Waals surface area contributed by atoms with Crippen molar-refractivity contribution in [1.82, 2.24) is 5.32 Å². The second-order valence-corrected chi connectivity index (χ2v) is 7.62. The van der Waals surface area contributed by atoms with E-state index in [1.165, 1.54) is 0 Å². The van der Waals surface area contributed by atoms with Gasteiger partial charge in [-0.1, -0.05) is 17.7 Å². The quantitative estimate of drug-likeness (QED) is 0.883. The molecule has 1 aliphatic rings. The van der Waals surface area contributed by atoms with E-state index in [0.29, 0.717) is 17.3 Å². The molecule has 1 unspecified atom stereocenters. The number of carbonyl (C=O) groups is 1. The van der Waals surface area contributed by atoms with Gasteiger partial charge in [-0.25, -0.2) is 8.42 Å². The number of aryl methyl sites for hydroxylation is 1. The number of carbonyl (C=O) groups excluding carboxylic acids is 1. The van der Waals surface area contributed by atoms with E-state index in [2.05, 4.69) is 10.6 Å². The molecule has 2 rings (SSSR count). The normalized spacial score (nSPS) is 21.4. The Morgan fingerprint density at radius 2 is 2.25 bits per heavy atom. The second kappa shape index (κ2) is 6.11. The van der Waals surface area contributed by atoms with Crippen molar-refractivity contribution in [2.45, 2.75) is 19.4 Å². The standard InChI is InChI=1S/C13H17ClN2O3S/c1-9-2-3-10(6-12(9)14)16-13(17)7-11-8-20(18,19)5-4-15-11/h2-3,6,11,15H,4-5,7-8H2,1H3,(H,16,17). The van der Waals surface area contributed by atoms with Gasteiger partial charge in [0.2, 0.25) is 5.91 Å². The van der Waals surface area contributed by atoms with E-state index in [9.17, 15) is 13.2 Å². The molecular formula is C13H17ClN2O3S.